The van der Waals surface area contributed by atoms with E-state index in [4.69, 9.17) is 9.84 Å². The molecule has 1 spiro atoms. The van der Waals surface area contributed by atoms with Crippen molar-refractivity contribution in [3.8, 4) is 0 Å². The molecule has 0 aromatic heterocycles. The summed E-state index contributed by atoms with van der Waals surface area (Å²) in [7, 11) is 0. The molecule has 4 rings (SSSR count). The van der Waals surface area contributed by atoms with Gasteiger partial charge in [-0.3, -0.25) is 14.4 Å². The van der Waals surface area contributed by atoms with Crippen LogP contribution in [-0.2, 0) is 19.1 Å². The third-order valence-electron chi connectivity index (χ3n) is 7.62. The standard InChI is InChI=1S/C23H36N2O5S/c1-2-30-22(29)17-16-11-12-23(31-16)18(17)21(28)25(13-7-4-8-14-26)19(23)20(27)24-15-9-5-3-6-10-15/h15-19,26H,2-14H2,1H3,(H,24,27)/t16-,17+,18+,19?,23?/m1/s1. The van der Waals surface area contributed by atoms with Crippen LogP contribution in [0.4, 0.5) is 0 Å². The molecule has 3 aliphatic heterocycles. The summed E-state index contributed by atoms with van der Waals surface area (Å²) in [4.78, 5) is 41.8. The van der Waals surface area contributed by atoms with E-state index in [0.29, 0.717) is 19.6 Å². The molecule has 4 aliphatic rings. The van der Waals surface area contributed by atoms with Crippen LogP contribution in [0.5, 0.6) is 0 Å². The monoisotopic (exact) mass is 452 g/mol. The lowest BCUT2D eigenvalue weighted by Crippen LogP contribution is -2.55. The first-order chi connectivity index (χ1) is 15.0. The predicted octanol–water partition coefficient (Wildman–Crippen LogP) is 2.25. The van der Waals surface area contributed by atoms with Gasteiger partial charge in [0.15, 0.2) is 0 Å². The minimum atomic E-state index is -0.519. The second-order valence-corrected chi connectivity index (χ2v) is 11.1. The van der Waals surface area contributed by atoms with Gasteiger partial charge in [0.1, 0.15) is 6.04 Å². The average molecular weight is 453 g/mol. The Labute approximate surface area is 189 Å². The number of thioether (sulfide) groups is 1. The fraction of sp³-hybridized carbons (Fsp3) is 0.870. The third kappa shape index (κ3) is 4.10. The third-order valence-corrected chi connectivity index (χ3v) is 9.57. The summed E-state index contributed by atoms with van der Waals surface area (Å²) in [6.07, 6.45) is 9.39. The van der Waals surface area contributed by atoms with Crippen molar-refractivity contribution in [3.63, 3.8) is 0 Å². The van der Waals surface area contributed by atoms with E-state index in [2.05, 4.69) is 5.32 Å². The van der Waals surface area contributed by atoms with Gasteiger partial charge in [0, 0.05) is 24.4 Å². The van der Waals surface area contributed by atoms with Gasteiger partial charge in [-0.05, 0) is 51.9 Å². The minimum Gasteiger partial charge on any atom is -0.466 e. The number of carbonyl (C=O) groups is 3. The number of nitrogens with zero attached hydrogens (tertiary/aromatic N) is 1. The highest BCUT2D eigenvalue weighted by Crippen LogP contribution is 2.66. The van der Waals surface area contributed by atoms with Crippen molar-refractivity contribution in [2.75, 3.05) is 19.8 Å². The maximum absolute atomic E-state index is 13.6. The first kappa shape index (κ1) is 22.9. The number of esters is 1. The number of amides is 2. The van der Waals surface area contributed by atoms with E-state index in [9.17, 15) is 14.4 Å². The molecular formula is C23H36N2O5S. The lowest BCUT2D eigenvalue weighted by atomic mass is 9.71. The number of nitrogens with one attached hydrogen (secondary N) is 1. The summed E-state index contributed by atoms with van der Waals surface area (Å²) in [5.74, 6) is -1.29. The van der Waals surface area contributed by atoms with Crippen molar-refractivity contribution in [1.82, 2.24) is 10.2 Å². The molecule has 2 unspecified atom stereocenters. The van der Waals surface area contributed by atoms with E-state index in [0.717, 1.165) is 51.4 Å². The predicted molar refractivity (Wildman–Crippen MR) is 118 cm³/mol. The molecule has 8 heteroatoms. The van der Waals surface area contributed by atoms with Crippen molar-refractivity contribution in [1.29, 1.82) is 0 Å². The number of hydrogen-bond acceptors (Lipinski definition) is 6. The fourth-order valence-corrected chi connectivity index (χ4v) is 8.51. The van der Waals surface area contributed by atoms with Gasteiger partial charge in [-0.25, -0.2) is 0 Å². The van der Waals surface area contributed by atoms with Crippen LogP contribution in [0.2, 0.25) is 0 Å². The van der Waals surface area contributed by atoms with E-state index < -0.39 is 22.6 Å². The molecule has 1 aliphatic carbocycles. The Morgan fingerprint density at radius 3 is 2.68 bits per heavy atom. The van der Waals surface area contributed by atoms with Gasteiger partial charge >= 0.3 is 5.97 Å². The molecule has 5 atom stereocenters. The quantitative estimate of drug-likeness (QED) is 0.412. The zero-order valence-electron chi connectivity index (χ0n) is 18.5. The number of carbonyl (C=O) groups excluding carboxylic acids is 3. The van der Waals surface area contributed by atoms with E-state index in [1.807, 2.05) is 0 Å². The highest BCUT2D eigenvalue weighted by molar-refractivity contribution is 8.02. The summed E-state index contributed by atoms with van der Waals surface area (Å²) in [5.41, 5.74) is 0. The molecule has 7 nitrogen and oxygen atoms in total. The SMILES string of the molecule is CCOC(=O)[C@@H]1[C@H]2C(=O)N(CCCCCO)C(C(=O)NC3CCCCC3)C23CC[C@H]1S3. The maximum atomic E-state index is 13.6. The molecule has 3 saturated heterocycles. The van der Waals surface area contributed by atoms with Crippen LogP contribution in [-0.4, -0.2) is 69.6 Å². The molecule has 31 heavy (non-hydrogen) atoms. The number of aliphatic hydroxyl groups excluding tert-OH is 1. The summed E-state index contributed by atoms with van der Waals surface area (Å²) < 4.78 is 4.83. The first-order valence-corrected chi connectivity index (χ1v) is 13.0. The zero-order valence-corrected chi connectivity index (χ0v) is 19.3. The smallest absolute Gasteiger partial charge is 0.310 e. The molecule has 0 aromatic rings. The van der Waals surface area contributed by atoms with Crippen molar-refractivity contribution in [3.05, 3.63) is 0 Å². The van der Waals surface area contributed by atoms with Crippen LogP contribution < -0.4 is 5.32 Å². The summed E-state index contributed by atoms with van der Waals surface area (Å²) in [6, 6.07) is -0.331. The second-order valence-electron chi connectivity index (χ2n) is 9.47. The normalized spacial score (nSPS) is 34.8. The van der Waals surface area contributed by atoms with Crippen molar-refractivity contribution in [2.45, 2.75) is 93.2 Å². The molecule has 3 heterocycles. The molecule has 0 radical (unpaired) electrons. The van der Waals surface area contributed by atoms with Gasteiger partial charge < -0.3 is 20.1 Å². The molecule has 2 N–H and O–H groups in total. The van der Waals surface area contributed by atoms with Crippen molar-refractivity contribution in [2.24, 2.45) is 11.8 Å². The largest absolute Gasteiger partial charge is 0.466 e. The topological polar surface area (TPSA) is 95.9 Å². The van der Waals surface area contributed by atoms with E-state index in [1.165, 1.54) is 6.42 Å². The van der Waals surface area contributed by atoms with Gasteiger partial charge in [0.05, 0.1) is 23.2 Å². The summed E-state index contributed by atoms with van der Waals surface area (Å²) >= 11 is 1.70. The summed E-state index contributed by atoms with van der Waals surface area (Å²) in [5, 5.41) is 12.4. The van der Waals surface area contributed by atoms with Gasteiger partial charge in [0.25, 0.3) is 0 Å². The van der Waals surface area contributed by atoms with Crippen LogP contribution in [0.1, 0.15) is 71.1 Å². The van der Waals surface area contributed by atoms with Crippen molar-refractivity contribution < 1.29 is 24.2 Å². The Balaban J connectivity index is 1.58. The number of aliphatic hydroxyl groups is 1. The van der Waals surface area contributed by atoms with Crippen LogP contribution in [0, 0.1) is 11.8 Å². The number of rotatable bonds is 9. The molecule has 2 amide bonds. The van der Waals surface area contributed by atoms with E-state index in [1.54, 1.807) is 23.6 Å². The van der Waals surface area contributed by atoms with Crippen LogP contribution in [0.3, 0.4) is 0 Å². The summed E-state index contributed by atoms with van der Waals surface area (Å²) in [6.45, 7) is 2.73. The lowest BCUT2D eigenvalue weighted by Gasteiger charge is -2.35. The molecule has 0 aromatic carbocycles. The van der Waals surface area contributed by atoms with Gasteiger partial charge in [-0.1, -0.05) is 19.3 Å². The highest BCUT2D eigenvalue weighted by Gasteiger charge is 2.73. The lowest BCUT2D eigenvalue weighted by molar-refractivity contribution is -0.153. The first-order valence-electron chi connectivity index (χ1n) is 12.1. The van der Waals surface area contributed by atoms with Crippen LogP contribution >= 0.6 is 11.8 Å². The van der Waals surface area contributed by atoms with E-state index in [-0.39, 0.29) is 35.7 Å². The van der Waals surface area contributed by atoms with Gasteiger partial charge in [0.2, 0.25) is 11.8 Å². The van der Waals surface area contributed by atoms with Crippen molar-refractivity contribution >= 4 is 29.5 Å². The van der Waals surface area contributed by atoms with Crippen LogP contribution in [0.25, 0.3) is 0 Å². The number of ether oxygens (including phenoxy) is 1. The Morgan fingerprint density at radius 1 is 1.19 bits per heavy atom. The molecule has 4 fully saturated rings. The average Bonchev–Trinajstić information content (AvgIpc) is 3.39. The Bertz CT molecular complexity index is 697. The number of likely N-dealkylation sites (tertiary alicyclic amines) is 1. The maximum Gasteiger partial charge on any atom is 0.310 e. The highest BCUT2D eigenvalue weighted by atomic mass is 32.2. The molecule has 2 bridgehead atoms. The molecule has 174 valence electrons. The Hall–Kier alpha value is -1.28. The second kappa shape index (κ2) is 9.69. The Morgan fingerprint density at radius 2 is 1.97 bits per heavy atom. The fourth-order valence-electron chi connectivity index (χ4n) is 6.30. The zero-order chi connectivity index (χ0) is 22.0. The number of unbranched alkanes of at least 4 members (excludes halogenated alkanes) is 2. The van der Waals surface area contributed by atoms with E-state index >= 15 is 0 Å². The number of hydrogen-bond donors (Lipinski definition) is 2. The Kier molecular flexibility index (Phi) is 7.16. The van der Waals surface area contributed by atoms with Crippen LogP contribution in [0.15, 0.2) is 0 Å². The van der Waals surface area contributed by atoms with Gasteiger partial charge in [-0.2, -0.15) is 0 Å². The van der Waals surface area contributed by atoms with Gasteiger partial charge in [-0.15, -0.1) is 11.8 Å². The number of fused-ring (bicyclic) bond motifs is 1. The molecular weight excluding hydrogens is 416 g/mol. The molecule has 1 saturated carbocycles. The minimum absolute atomic E-state index is 0.0393.